The lowest BCUT2D eigenvalue weighted by Crippen LogP contribution is -2.17. The number of carbonyl (C=O) groups excluding carboxylic acids is 2. The van der Waals surface area contributed by atoms with Crippen molar-refractivity contribution in [3.05, 3.63) is 57.6 Å². The summed E-state index contributed by atoms with van der Waals surface area (Å²) in [5.41, 5.74) is 4.56. The van der Waals surface area contributed by atoms with Crippen LogP contribution in [0.3, 0.4) is 0 Å². The van der Waals surface area contributed by atoms with E-state index in [0.29, 0.717) is 54.4 Å². The van der Waals surface area contributed by atoms with Crippen LogP contribution in [0.2, 0.25) is 0 Å². The number of hydrogen-bond acceptors (Lipinski definition) is 7. The highest BCUT2D eigenvalue weighted by Crippen LogP contribution is 2.38. The Hall–Kier alpha value is -2.94. The molecule has 0 amide bonds. The van der Waals surface area contributed by atoms with E-state index in [9.17, 15) is 24.2 Å². The van der Waals surface area contributed by atoms with Gasteiger partial charge in [-0.05, 0) is 55.0 Å². The topological polar surface area (TPSA) is 100.0 Å². The van der Waals surface area contributed by atoms with E-state index in [0.717, 1.165) is 22.9 Å². The van der Waals surface area contributed by atoms with Crippen molar-refractivity contribution in [3.63, 3.8) is 0 Å². The number of aldehydes is 2. The minimum Gasteiger partial charge on any atom is -0.396 e. The third-order valence-electron chi connectivity index (χ3n) is 5.92. The predicted molar refractivity (Wildman–Crippen MR) is 134 cm³/mol. The number of methoxy groups -OCH3 is 1. The Morgan fingerprint density at radius 2 is 2.00 bits per heavy atom. The lowest BCUT2D eigenvalue weighted by atomic mass is 9.95. The summed E-state index contributed by atoms with van der Waals surface area (Å²) < 4.78 is 19.4. The van der Waals surface area contributed by atoms with Crippen LogP contribution in [0.5, 0.6) is 0 Å². The Kier molecular flexibility index (Phi) is 10.7. The summed E-state index contributed by atoms with van der Waals surface area (Å²) in [5.74, 6) is -0.353. The van der Waals surface area contributed by atoms with E-state index >= 15 is 0 Å². The summed E-state index contributed by atoms with van der Waals surface area (Å²) in [6.07, 6.45) is 3.09. The number of rotatable bonds is 10. The minimum absolute atomic E-state index is 0.0634. The maximum atomic E-state index is 14.4. The van der Waals surface area contributed by atoms with Crippen LogP contribution in [-0.4, -0.2) is 66.1 Å². The molecule has 0 radical (unpaired) electrons. The fraction of sp³-hybridized carbons (Fsp3) is 0.444. The molecule has 0 aliphatic carbocycles. The summed E-state index contributed by atoms with van der Waals surface area (Å²) >= 11 is 0. The van der Waals surface area contributed by atoms with Gasteiger partial charge in [-0.2, -0.15) is 0 Å². The van der Waals surface area contributed by atoms with Crippen molar-refractivity contribution in [2.75, 3.05) is 27.4 Å². The Morgan fingerprint density at radius 3 is 2.60 bits per heavy atom. The number of aliphatic hydroxyl groups excluding tert-OH is 2. The van der Waals surface area contributed by atoms with Gasteiger partial charge in [-0.25, -0.2) is 9.37 Å². The average Bonchev–Trinajstić information content (AvgIpc) is 3.17. The van der Waals surface area contributed by atoms with Gasteiger partial charge in [-0.1, -0.05) is 13.8 Å². The average molecular weight is 487 g/mol. The lowest BCUT2D eigenvalue weighted by molar-refractivity contribution is -0.113. The normalized spacial score (nSPS) is 15.4. The molecule has 2 N–H and O–H groups in total. The van der Waals surface area contributed by atoms with Crippen molar-refractivity contribution in [2.45, 2.75) is 52.7 Å². The second-order valence-corrected chi connectivity index (χ2v) is 8.21. The highest BCUT2D eigenvalue weighted by atomic mass is 19.1. The molecule has 1 atom stereocenters. The maximum absolute atomic E-state index is 14.4. The number of aryl methyl sites for hydroxylation is 2. The van der Waals surface area contributed by atoms with Crippen LogP contribution in [-0.2, 0) is 27.3 Å². The molecule has 2 aromatic rings. The van der Waals surface area contributed by atoms with Gasteiger partial charge in [0.05, 0.1) is 23.5 Å². The zero-order valence-electron chi connectivity index (χ0n) is 21.1. The van der Waals surface area contributed by atoms with E-state index in [1.54, 1.807) is 19.1 Å². The summed E-state index contributed by atoms with van der Waals surface area (Å²) in [5, 5.41) is 20.4. The van der Waals surface area contributed by atoms with E-state index in [1.165, 1.54) is 13.2 Å². The molecule has 0 saturated carbocycles. The zero-order valence-corrected chi connectivity index (χ0v) is 21.1. The van der Waals surface area contributed by atoms with Crippen LogP contribution in [0.4, 0.5) is 4.39 Å². The first kappa shape index (κ1) is 28.3. The van der Waals surface area contributed by atoms with E-state index in [1.807, 2.05) is 25.8 Å². The quantitative estimate of drug-likeness (QED) is 0.301. The molecule has 7 nitrogen and oxygen atoms in total. The number of aliphatic hydroxyl groups is 2. The van der Waals surface area contributed by atoms with Crippen molar-refractivity contribution >= 4 is 29.2 Å². The zero-order chi connectivity index (χ0) is 26.1. The van der Waals surface area contributed by atoms with Gasteiger partial charge in [0.2, 0.25) is 0 Å². The van der Waals surface area contributed by atoms with Gasteiger partial charge >= 0.3 is 0 Å². The molecule has 0 fully saturated rings. The molecular weight excluding hydrogens is 451 g/mol. The summed E-state index contributed by atoms with van der Waals surface area (Å²) in [6, 6.07) is 3.22. The van der Waals surface area contributed by atoms with Crippen molar-refractivity contribution in [1.29, 1.82) is 0 Å². The van der Waals surface area contributed by atoms with Crippen LogP contribution >= 0.6 is 0 Å². The van der Waals surface area contributed by atoms with Gasteiger partial charge in [0.1, 0.15) is 18.2 Å². The molecule has 1 aliphatic rings. The SMILES string of the molecule is CC.COC/C(C=O)=C(/C=C1/c2nc3cc(F)c(C)cc3c(CCCCO)c2CN1C)C(O)C=O. The minimum atomic E-state index is -1.50. The van der Waals surface area contributed by atoms with Gasteiger partial charge in [0.25, 0.3) is 0 Å². The summed E-state index contributed by atoms with van der Waals surface area (Å²) in [6.45, 7) is 6.27. The Morgan fingerprint density at radius 1 is 1.29 bits per heavy atom. The highest BCUT2D eigenvalue weighted by Gasteiger charge is 2.28. The molecule has 8 heteroatoms. The molecule has 0 bridgehead atoms. The van der Waals surface area contributed by atoms with Crippen LogP contribution < -0.4 is 0 Å². The first-order valence-electron chi connectivity index (χ1n) is 11.8. The molecule has 1 aromatic carbocycles. The molecule has 1 aromatic heterocycles. The number of pyridine rings is 1. The molecular formula is C27H35FN2O5. The molecule has 1 aliphatic heterocycles. The van der Waals surface area contributed by atoms with Gasteiger partial charge in [-0.3, -0.25) is 4.79 Å². The van der Waals surface area contributed by atoms with E-state index < -0.39 is 6.10 Å². The maximum Gasteiger partial charge on any atom is 0.153 e. The van der Waals surface area contributed by atoms with Gasteiger partial charge in [-0.15, -0.1) is 0 Å². The van der Waals surface area contributed by atoms with Crippen LogP contribution in [0, 0.1) is 12.7 Å². The van der Waals surface area contributed by atoms with Crippen molar-refractivity contribution in [1.82, 2.24) is 9.88 Å². The first-order chi connectivity index (χ1) is 16.9. The Balaban J connectivity index is 0.00000210. The number of unbranched alkanes of at least 4 members (excludes halogenated alkanes) is 1. The Labute approximate surface area is 205 Å². The largest absolute Gasteiger partial charge is 0.396 e. The molecule has 1 unspecified atom stereocenters. The Bertz CT molecular complexity index is 1130. The third-order valence-corrected chi connectivity index (χ3v) is 5.92. The lowest BCUT2D eigenvalue weighted by Gasteiger charge is -2.16. The van der Waals surface area contributed by atoms with Gasteiger partial charge < -0.3 is 24.6 Å². The number of benzene rings is 1. The second-order valence-electron chi connectivity index (χ2n) is 8.21. The molecule has 0 spiro atoms. The number of halogens is 1. The fourth-order valence-corrected chi connectivity index (χ4v) is 4.19. The standard InChI is InChI=1S/C25H29FN2O5.C2H6/c1-15-8-19-17(6-4-5-7-29)20-11-28(2)23(25(20)27-22(19)10-21(15)26)9-18(24(32)13-31)16(12-30)14-33-3;1-2/h8-10,12-13,24,29,32H,4-7,11,14H2,1-3H3;1-2H3/b18-16-,23-9-;. The van der Waals surface area contributed by atoms with Crippen molar-refractivity contribution in [3.8, 4) is 0 Å². The molecule has 3 rings (SSSR count). The molecule has 35 heavy (non-hydrogen) atoms. The predicted octanol–water partition coefficient (Wildman–Crippen LogP) is 3.51. The first-order valence-corrected chi connectivity index (χ1v) is 11.8. The van der Waals surface area contributed by atoms with E-state index in [-0.39, 0.29) is 30.2 Å². The number of ether oxygens (including phenoxy) is 1. The van der Waals surface area contributed by atoms with Gasteiger partial charge in [0, 0.05) is 49.9 Å². The van der Waals surface area contributed by atoms with E-state index in [2.05, 4.69) is 0 Å². The number of nitrogens with zero attached hydrogens (tertiary/aromatic N) is 2. The number of hydrogen-bond donors (Lipinski definition) is 2. The molecule has 0 saturated heterocycles. The molecule has 190 valence electrons. The summed E-state index contributed by atoms with van der Waals surface area (Å²) in [4.78, 5) is 29.6. The van der Waals surface area contributed by atoms with Crippen molar-refractivity contribution in [2.24, 2.45) is 0 Å². The number of aromatic nitrogens is 1. The van der Waals surface area contributed by atoms with Crippen LogP contribution in [0.1, 0.15) is 49.1 Å². The third kappa shape index (κ3) is 6.20. The summed E-state index contributed by atoms with van der Waals surface area (Å²) in [7, 11) is 3.27. The monoisotopic (exact) mass is 486 g/mol. The van der Waals surface area contributed by atoms with Gasteiger partial charge in [0.15, 0.2) is 6.29 Å². The van der Waals surface area contributed by atoms with Crippen LogP contribution in [0.25, 0.3) is 16.6 Å². The fourth-order valence-electron chi connectivity index (χ4n) is 4.19. The van der Waals surface area contributed by atoms with Crippen LogP contribution in [0.15, 0.2) is 29.4 Å². The van der Waals surface area contributed by atoms with Crippen molar-refractivity contribution < 1.29 is 28.9 Å². The molecule has 2 heterocycles. The second kappa shape index (κ2) is 13.2. The highest BCUT2D eigenvalue weighted by molar-refractivity contribution is 5.89. The smallest absolute Gasteiger partial charge is 0.153 e. The van der Waals surface area contributed by atoms with E-state index in [4.69, 9.17) is 9.72 Å². The number of fused-ring (bicyclic) bond motifs is 2. The number of carbonyl (C=O) groups is 2.